The number of alkyl halides is 1. The first-order chi connectivity index (χ1) is 13.3. The monoisotopic (exact) mass is 372 g/mol. The molecule has 3 heteroatoms. The van der Waals surface area contributed by atoms with E-state index in [4.69, 9.17) is 5.73 Å². The van der Waals surface area contributed by atoms with Gasteiger partial charge in [0, 0.05) is 24.5 Å². The van der Waals surface area contributed by atoms with Crippen LogP contribution in [-0.2, 0) is 5.41 Å². The van der Waals surface area contributed by atoms with Gasteiger partial charge in [0.05, 0.1) is 6.67 Å². The second-order valence-corrected chi connectivity index (χ2v) is 6.60. The molecule has 1 fully saturated rings. The summed E-state index contributed by atoms with van der Waals surface area (Å²) in [5.41, 5.74) is 8.70. The van der Waals surface area contributed by atoms with Crippen molar-refractivity contribution in [3.63, 3.8) is 0 Å². The van der Waals surface area contributed by atoms with Gasteiger partial charge in [0.25, 0.3) is 0 Å². The van der Waals surface area contributed by atoms with Crippen LogP contribution >= 0.6 is 0 Å². The van der Waals surface area contributed by atoms with Crippen LogP contribution in [0.5, 0.6) is 0 Å². The van der Waals surface area contributed by atoms with E-state index >= 15 is 0 Å². The lowest BCUT2D eigenvalue weighted by Gasteiger charge is -2.41. The molecular weight excluding hydrogens is 335 g/mol. The molecule has 0 bridgehead atoms. The predicted molar refractivity (Wildman–Crippen MR) is 116 cm³/mol. The van der Waals surface area contributed by atoms with E-state index < -0.39 is 0 Å². The summed E-state index contributed by atoms with van der Waals surface area (Å²) in [5, 5.41) is 3.59. The summed E-state index contributed by atoms with van der Waals surface area (Å²) in [7, 11) is 0. The highest BCUT2D eigenvalue weighted by Gasteiger charge is 2.37. The van der Waals surface area contributed by atoms with Crippen molar-refractivity contribution in [3.8, 4) is 0 Å². The molecule has 3 rings (SSSR count). The maximum atomic E-state index is 10.3. The molecule has 0 saturated heterocycles. The van der Waals surface area contributed by atoms with Gasteiger partial charge in [0.1, 0.15) is 0 Å². The van der Waals surface area contributed by atoms with Gasteiger partial charge in [-0.15, -0.1) is 0 Å². The first kappa shape index (κ1) is 23.3. The molecule has 0 atom stereocenters. The molecule has 2 aromatic rings. The summed E-state index contributed by atoms with van der Waals surface area (Å²) >= 11 is 0. The van der Waals surface area contributed by atoms with Crippen molar-refractivity contribution in [2.45, 2.75) is 57.9 Å². The van der Waals surface area contributed by atoms with Crippen LogP contribution in [0.1, 0.15) is 57.6 Å². The van der Waals surface area contributed by atoms with Gasteiger partial charge >= 0.3 is 0 Å². The van der Waals surface area contributed by atoms with Gasteiger partial charge in [-0.1, -0.05) is 74.5 Å². The average Bonchev–Trinajstić information content (AvgIpc) is 2.76. The van der Waals surface area contributed by atoms with Crippen LogP contribution in [0.15, 0.2) is 60.7 Å². The average molecular weight is 373 g/mol. The summed E-state index contributed by atoms with van der Waals surface area (Å²) in [6.07, 6.45) is 4.82. The van der Waals surface area contributed by atoms with Gasteiger partial charge in [-0.3, -0.25) is 4.39 Å². The van der Waals surface area contributed by atoms with Crippen molar-refractivity contribution in [3.05, 3.63) is 71.8 Å². The molecule has 0 spiro atoms. The SMILES string of the molecule is CC.CCF.NCCNC1CCC(c2ccccc2)(c2ccccc2)CC1. The number of rotatable bonds is 5. The summed E-state index contributed by atoms with van der Waals surface area (Å²) in [6.45, 7) is 6.85. The molecule has 2 aromatic carbocycles. The Kier molecular flexibility index (Phi) is 11.6. The van der Waals surface area contributed by atoms with Crippen LogP contribution in [0.2, 0.25) is 0 Å². The Morgan fingerprint density at radius 2 is 1.33 bits per heavy atom. The minimum absolute atomic E-state index is 0.170. The zero-order valence-corrected chi connectivity index (χ0v) is 17.3. The summed E-state index contributed by atoms with van der Waals surface area (Å²) in [4.78, 5) is 0. The highest BCUT2D eigenvalue weighted by Crippen LogP contribution is 2.44. The normalized spacial score (nSPS) is 15.7. The first-order valence-electron chi connectivity index (χ1n) is 10.4. The topological polar surface area (TPSA) is 38.0 Å². The van der Waals surface area contributed by atoms with Gasteiger partial charge in [-0.05, 0) is 43.7 Å². The van der Waals surface area contributed by atoms with Crippen molar-refractivity contribution in [1.82, 2.24) is 5.32 Å². The first-order valence-corrected chi connectivity index (χ1v) is 10.4. The van der Waals surface area contributed by atoms with Crippen molar-refractivity contribution < 1.29 is 4.39 Å². The third-order valence-corrected chi connectivity index (χ3v) is 5.07. The number of nitrogens with one attached hydrogen (secondary N) is 1. The molecule has 0 aliphatic heterocycles. The molecule has 1 saturated carbocycles. The fraction of sp³-hybridized carbons (Fsp3) is 0.500. The molecule has 0 heterocycles. The van der Waals surface area contributed by atoms with E-state index in [1.807, 2.05) is 13.8 Å². The minimum Gasteiger partial charge on any atom is -0.329 e. The van der Waals surface area contributed by atoms with Gasteiger partial charge in [-0.25, -0.2) is 0 Å². The Balaban J connectivity index is 0.000000665. The number of benzene rings is 2. The number of nitrogens with two attached hydrogens (primary N) is 1. The highest BCUT2D eigenvalue weighted by molar-refractivity contribution is 5.39. The predicted octanol–water partition coefficient (Wildman–Crippen LogP) is 5.47. The Hall–Kier alpha value is -1.71. The van der Waals surface area contributed by atoms with E-state index in [1.54, 1.807) is 0 Å². The Labute approximate surface area is 165 Å². The second kappa shape index (κ2) is 13.5. The Bertz CT molecular complexity index is 536. The zero-order valence-electron chi connectivity index (χ0n) is 17.3. The molecule has 0 radical (unpaired) electrons. The van der Waals surface area contributed by atoms with E-state index in [0.29, 0.717) is 6.04 Å². The minimum atomic E-state index is -0.250. The fourth-order valence-corrected chi connectivity index (χ4v) is 3.86. The highest BCUT2D eigenvalue weighted by atomic mass is 19.1. The number of halogens is 1. The van der Waals surface area contributed by atoms with Crippen LogP contribution < -0.4 is 11.1 Å². The van der Waals surface area contributed by atoms with Gasteiger partial charge in [0.15, 0.2) is 0 Å². The standard InChI is InChI=1S/C20H26N2.C2H5F.C2H6/c21-15-16-22-19-11-13-20(14-12-19,17-7-3-1-4-8-17)18-9-5-2-6-10-18;1-2-3;1-2/h1-10,19,22H,11-16,21H2;2H2,1H3;1-2H3. The molecule has 27 heavy (non-hydrogen) atoms. The molecule has 0 unspecified atom stereocenters. The van der Waals surface area contributed by atoms with E-state index in [-0.39, 0.29) is 12.1 Å². The fourth-order valence-electron chi connectivity index (χ4n) is 3.86. The number of hydrogen-bond donors (Lipinski definition) is 2. The van der Waals surface area contributed by atoms with E-state index in [1.165, 1.54) is 43.7 Å². The van der Waals surface area contributed by atoms with Crippen LogP contribution in [0.25, 0.3) is 0 Å². The maximum absolute atomic E-state index is 10.3. The quantitative estimate of drug-likeness (QED) is 0.731. The molecule has 3 N–H and O–H groups in total. The lowest BCUT2D eigenvalue weighted by atomic mass is 9.64. The molecular formula is C24H37FN2. The molecule has 0 aromatic heterocycles. The van der Waals surface area contributed by atoms with Gasteiger partial charge < -0.3 is 11.1 Å². The summed E-state index contributed by atoms with van der Waals surface area (Å²) in [5.74, 6) is 0. The lowest BCUT2D eigenvalue weighted by Crippen LogP contribution is -2.41. The van der Waals surface area contributed by atoms with Crippen LogP contribution in [0.3, 0.4) is 0 Å². The summed E-state index contributed by atoms with van der Waals surface area (Å²) in [6, 6.07) is 22.7. The molecule has 1 aliphatic rings. The Morgan fingerprint density at radius 3 is 1.70 bits per heavy atom. The van der Waals surface area contributed by atoms with Gasteiger partial charge in [0.2, 0.25) is 0 Å². The second-order valence-electron chi connectivity index (χ2n) is 6.60. The van der Waals surface area contributed by atoms with Gasteiger partial charge in [-0.2, -0.15) is 0 Å². The van der Waals surface area contributed by atoms with Crippen molar-refractivity contribution in [2.24, 2.45) is 5.73 Å². The molecule has 150 valence electrons. The van der Waals surface area contributed by atoms with Crippen LogP contribution in [0, 0.1) is 0 Å². The number of hydrogen-bond acceptors (Lipinski definition) is 2. The lowest BCUT2D eigenvalue weighted by molar-refractivity contribution is 0.284. The molecule has 1 aliphatic carbocycles. The van der Waals surface area contributed by atoms with Crippen LogP contribution in [-0.4, -0.2) is 25.8 Å². The van der Waals surface area contributed by atoms with Crippen LogP contribution in [0.4, 0.5) is 4.39 Å². The zero-order chi connectivity index (χ0) is 20.0. The van der Waals surface area contributed by atoms with E-state index in [0.717, 1.165) is 13.1 Å². The third kappa shape index (κ3) is 6.75. The maximum Gasteiger partial charge on any atom is 0.0866 e. The largest absolute Gasteiger partial charge is 0.329 e. The van der Waals surface area contributed by atoms with E-state index in [9.17, 15) is 4.39 Å². The Morgan fingerprint density at radius 1 is 0.926 bits per heavy atom. The van der Waals surface area contributed by atoms with Crippen molar-refractivity contribution >= 4 is 0 Å². The third-order valence-electron chi connectivity index (χ3n) is 5.07. The smallest absolute Gasteiger partial charge is 0.0866 e. The van der Waals surface area contributed by atoms with E-state index in [2.05, 4.69) is 66.0 Å². The molecule has 0 amide bonds. The molecule has 2 nitrogen and oxygen atoms in total. The summed E-state index contributed by atoms with van der Waals surface area (Å²) < 4.78 is 10.3. The van der Waals surface area contributed by atoms with Crippen molar-refractivity contribution in [1.29, 1.82) is 0 Å². The van der Waals surface area contributed by atoms with Crippen molar-refractivity contribution in [2.75, 3.05) is 19.8 Å².